The van der Waals surface area contributed by atoms with E-state index in [0.29, 0.717) is 12.5 Å². The molecule has 0 spiro atoms. The van der Waals surface area contributed by atoms with Gasteiger partial charge in [-0.05, 0) is 13.3 Å². The van der Waals surface area contributed by atoms with Crippen molar-refractivity contribution in [3.8, 4) is 0 Å². The molecule has 0 radical (unpaired) electrons. The summed E-state index contributed by atoms with van der Waals surface area (Å²) in [7, 11) is 0. The summed E-state index contributed by atoms with van der Waals surface area (Å²) in [4.78, 5) is 16.5. The van der Waals surface area contributed by atoms with Gasteiger partial charge in [0, 0.05) is 41.6 Å². The Kier molecular flexibility index (Phi) is 5.66. The Labute approximate surface area is 122 Å². The van der Waals surface area contributed by atoms with Gasteiger partial charge in [-0.25, -0.2) is 4.98 Å². The van der Waals surface area contributed by atoms with E-state index in [0.717, 1.165) is 35.2 Å². The van der Waals surface area contributed by atoms with Crippen LogP contribution >= 0.6 is 23.1 Å². The number of carbonyl (C=O) groups excluding carboxylic acids is 1. The van der Waals surface area contributed by atoms with Gasteiger partial charge >= 0.3 is 0 Å². The van der Waals surface area contributed by atoms with Crippen LogP contribution in [0.5, 0.6) is 0 Å². The van der Waals surface area contributed by atoms with Crippen LogP contribution < -0.4 is 10.6 Å². The molecule has 1 saturated heterocycles. The minimum atomic E-state index is 0.0578. The lowest BCUT2D eigenvalue weighted by atomic mass is 10.2. The first-order chi connectivity index (χ1) is 9.19. The SMILES string of the molecule is CCC(NC(=O)CC1CSCCN1)c1nc(C)cs1. The third-order valence-corrected chi connectivity index (χ3v) is 5.32. The molecule has 0 bridgehead atoms. The number of thioether (sulfide) groups is 1. The van der Waals surface area contributed by atoms with Crippen molar-refractivity contribution in [1.29, 1.82) is 0 Å². The van der Waals surface area contributed by atoms with Crippen molar-refractivity contribution in [3.63, 3.8) is 0 Å². The molecule has 4 nitrogen and oxygen atoms in total. The van der Waals surface area contributed by atoms with Gasteiger partial charge in [-0.15, -0.1) is 11.3 Å². The first-order valence-corrected chi connectivity index (χ1v) is 8.75. The molecule has 19 heavy (non-hydrogen) atoms. The summed E-state index contributed by atoms with van der Waals surface area (Å²) >= 11 is 3.54. The molecule has 0 saturated carbocycles. The highest BCUT2D eigenvalue weighted by Gasteiger charge is 2.20. The van der Waals surface area contributed by atoms with Crippen LogP contribution in [-0.4, -0.2) is 35.0 Å². The first-order valence-electron chi connectivity index (χ1n) is 6.71. The highest BCUT2D eigenvalue weighted by molar-refractivity contribution is 7.99. The summed E-state index contributed by atoms with van der Waals surface area (Å²) in [6.45, 7) is 5.07. The number of aryl methyl sites for hydroxylation is 1. The standard InChI is InChI=1S/C13H21N3OS2/c1-3-11(13-15-9(2)7-19-13)16-12(17)6-10-8-18-5-4-14-10/h7,10-11,14H,3-6,8H2,1-2H3,(H,16,17). The zero-order chi connectivity index (χ0) is 13.7. The van der Waals surface area contributed by atoms with Crippen molar-refractivity contribution in [2.24, 2.45) is 0 Å². The first kappa shape index (κ1) is 14.8. The molecule has 2 unspecified atom stereocenters. The summed E-state index contributed by atoms with van der Waals surface area (Å²) in [6, 6.07) is 0.372. The van der Waals surface area contributed by atoms with Gasteiger partial charge in [-0.1, -0.05) is 6.92 Å². The largest absolute Gasteiger partial charge is 0.347 e. The molecule has 1 fully saturated rings. The van der Waals surface area contributed by atoms with Crippen LogP contribution in [-0.2, 0) is 4.79 Å². The molecule has 1 aromatic heterocycles. The maximum absolute atomic E-state index is 12.1. The van der Waals surface area contributed by atoms with Crippen molar-refractivity contribution in [3.05, 3.63) is 16.1 Å². The third-order valence-electron chi connectivity index (χ3n) is 3.11. The Hall–Kier alpha value is -0.590. The van der Waals surface area contributed by atoms with E-state index in [1.807, 2.05) is 24.1 Å². The van der Waals surface area contributed by atoms with Gasteiger partial charge in [0.25, 0.3) is 0 Å². The number of hydrogen-bond donors (Lipinski definition) is 2. The normalized spacial score (nSPS) is 21.1. The molecule has 106 valence electrons. The molecule has 0 aliphatic carbocycles. The van der Waals surface area contributed by atoms with E-state index >= 15 is 0 Å². The van der Waals surface area contributed by atoms with Crippen molar-refractivity contribution in [2.45, 2.75) is 38.8 Å². The maximum Gasteiger partial charge on any atom is 0.222 e. The van der Waals surface area contributed by atoms with Gasteiger partial charge in [0.15, 0.2) is 0 Å². The van der Waals surface area contributed by atoms with E-state index in [-0.39, 0.29) is 11.9 Å². The van der Waals surface area contributed by atoms with Crippen LogP contribution in [0.1, 0.15) is 36.5 Å². The Morgan fingerprint density at radius 3 is 3.11 bits per heavy atom. The highest BCUT2D eigenvalue weighted by Crippen LogP contribution is 2.21. The Morgan fingerprint density at radius 2 is 2.53 bits per heavy atom. The minimum absolute atomic E-state index is 0.0578. The summed E-state index contributed by atoms with van der Waals surface area (Å²) in [5.41, 5.74) is 1.03. The number of hydrogen-bond acceptors (Lipinski definition) is 5. The second-order valence-corrected chi connectivity index (χ2v) is 6.83. The van der Waals surface area contributed by atoms with Crippen LogP contribution in [0, 0.1) is 6.92 Å². The van der Waals surface area contributed by atoms with Crippen LogP contribution in [0.2, 0.25) is 0 Å². The minimum Gasteiger partial charge on any atom is -0.347 e. The summed E-state index contributed by atoms with van der Waals surface area (Å²) in [6.07, 6.45) is 1.44. The number of amides is 1. The zero-order valence-electron chi connectivity index (χ0n) is 11.4. The average Bonchev–Trinajstić information content (AvgIpc) is 2.83. The van der Waals surface area contributed by atoms with Crippen LogP contribution in [0.25, 0.3) is 0 Å². The van der Waals surface area contributed by atoms with Gasteiger partial charge in [0.2, 0.25) is 5.91 Å². The molecule has 2 N–H and O–H groups in total. The molecular weight excluding hydrogens is 278 g/mol. The lowest BCUT2D eigenvalue weighted by Crippen LogP contribution is -2.41. The van der Waals surface area contributed by atoms with E-state index in [9.17, 15) is 4.79 Å². The van der Waals surface area contributed by atoms with E-state index in [1.165, 1.54) is 0 Å². The van der Waals surface area contributed by atoms with Crippen molar-refractivity contribution >= 4 is 29.0 Å². The molecule has 0 aromatic carbocycles. The number of thiazole rings is 1. The van der Waals surface area contributed by atoms with Crippen LogP contribution in [0.15, 0.2) is 5.38 Å². The Bertz CT molecular complexity index is 416. The average molecular weight is 299 g/mol. The Balaban J connectivity index is 1.85. The van der Waals surface area contributed by atoms with E-state index in [1.54, 1.807) is 11.3 Å². The number of carbonyl (C=O) groups is 1. The quantitative estimate of drug-likeness (QED) is 0.874. The third kappa shape index (κ3) is 4.47. The van der Waals surface area contributed by atoms with Gasteiger partial charge < -0.3 is 10.6 Å². The molecule has 1 aromatic rings. The fourth-order valence-corrected chi connectivity index (χ4v) is 3.98. The molecular formula is C13H21N3OS2. The van der Waals surface area contributed by atoms with Crippen LogP contribution in [0.3, 0.4) is 0 Å². The molecule has 1 amide bonds. The summed E-state index contributed by atoms with van der Waals surface area (Å²) in [5, 5.41) is 9.54. The summed E-state index contributed by atoms with van der Waals surface area (Å²) < 4.78 is 0. The van der Waals surface area contributed by atoms with Gasteiger partial charge in [0.1, 0.15) is 5.01 Å². The summed E-state index contributed by atoms with van der Waals surface area (Å²) in [5.74, 6) is 2.30. The van der Waals surface area contributed by atoms with Crippen LogP contribution in [0.4, 0.5) is 0 Å². The predicted molar refractivity (Wildman–Crippen MR) is 81.8 cm³/mol. The van der Waals surface area contributed by atoms with E-state index in [4.69, 9.17) is 0 Å². The van der Waals surface area contributed by atoms with Gasteiger partial charge in [-0.3, -0.25) is 4.79 Å². The second kappa shape index (κ2) is 7.26. The number of rotatable bonds is 5. The second-order valence-electron chi connectivity index (χ2n) is 4.79. The highest BCUT2D eigenvalue weighted by atomic mass is 32.2. The zero-order valence-corrected chi connectivity index (χ0v) is 13.1. The Morgan fingerprint density at radius 1 is 1.68 bits per heavy atom. The van der Waals surface area contributed by atoms with E-state index in [2.05, 4.69) is 22.5 Å². The smallest absolute Gasteiger partial charge is 0.222 e. The van der Waals surface area contributed by atoms with Crippen molar-refractivity contribution < 1.29 is 4.79 Å². The molecule has 1 aliphatic rings. The topological polar surface area (TPSA) is 54.0 Å². The van der Waals surface area contributed by atoms with Gasteiger partial charge in [-0.2, -0.15) is 11.8 Å². The maximum atomic E-state index is 12.1. The van der Waals surface area contributed by atoms with Crippen molar-refractivity contribution in [1.82, 2.24) is 15.6 Å². The lowest BCUT2D eigenvalue weighted by molar-refractivity contribution is -0.122. The lowest BCUT2D eigenvalue weighted by Gasteiger charge is -2.23. The molecule has 2 rings (SSSR count). The predicted octanol–water partition coefficient (Wildman–Crippen LogP) is 2.11. The van der Waals surface area contributed by atoms with E-state index < -0.39 is 0 Å². The molecule has 6 heteroatoms. The fraction of sp³-hybridized carbons (Fsp3) is 0.692. The number of aromatic nitrogens is 1. The number of nitrogens with one attached hydrogen (secondary N) is 2. The molecule has 1 aliphatic heterocycles. The van der Waals surface area contributed by atoms with Crippen molar-refractivity contribution in [2.75, 3.05) is 18.1 Å². The monoisotopic (exact) mass is 299 g/mol. The van der Waals surface area contributed by atoms with Gasteiger partial charge in [0.05, 0.1) is 6.04 Å². The molecule has 2 heterocycles. The molecule has 2 atom stereocenters. The fourth-order valence-electron chi connectivity index (χ4n) is 2.10. The number of nitrogens with zero attached hydrogens (tertiary/aromatic N) is 1.